The van der Waals surface area contributed by atoms with E-state index in [4.69, 9.17) is 21.1 Å². The van der Waals surface area contributed by atoms with Crippen LogP contribution in [0.2, 0.25) is 5.02 Å². The van der Waals surface area contributed by atoms with Gasteiger partial charge in [0.1, 0.15) is 19.3 Å². The molecule has 1 atom stereocenters. The van der Waals surface area contributed by atoms with Crippen LogP contribution in [0.1, 0.15) is 39.2 Å². The van der Waals surface area contributed by atoms with E-state index in [1.807, 2.05) is 26.0 Å². The van der Waals surface area contributed by atoms with Gasteiger partial charge < -0.3 is 19.7 Å². The lowest BCUT2D eigenvalue weighted by atomic mass is 10.1. The fraction of sp³-hybridized carbons (Fsp3) is 0.481. The topological polar surface area (TPSA) is 105 Å². The van der Waals surface area contributed by atoms with Gasteiger partial charge in [-0.25, -0.2) is 8.42 Å². The summed E-state index contributed by atoms with van der Waals surface area (Å²) in [6.07, 6.45) is 1.42. The fourth-order valence-electron chi connectivity index (χ4n) is 4.04. The summed E-state index contributed by atoms with van der Waals surface area (Å²) in [6.45, 7) is 7.22. The third kappa shape index (κ3) is 8.01. The van der Waals surface area contributed by atoms with E-state index >= 15 is 0 Å². The third-order valence-electron chi connectivity index (χ3n) is 6.12. The molecule has 11 heteroatoms. The van der Waals surface area contributed by atoms with E-state index in [-0.39, 0.29) is 43.7 Å². The SMILES string of the molecule is CC(C)CNC(=O)[C@H](C)N(Cc1ccccc1Cl)C(=O)CCCN(c1ccc2c(c1)OCCO2)S(C)(=O)=O. The van der Waals surface area contributed by atoms with Gasteiger partial charge >= 0.3 is 0 Å². The smallest absolute Gasteiger partial charge is 0.242 e. The van der Waals surface area contributed by atoms with Gasteiger partial charge in [-0.2, -0.15) is 0 Å². The Morgan fingerprint density at radius 1 is 1.05 bits per heavy atom. The molecule has 1 N–H and O–H groups in total. The Balaban J connectivity index is 1.73. The molecule has 0 saturated carbocycles. The monoisotopic (exact) mass is 565 g/mol. The van der Waals surface area contributed by atoms with Crippen LogP contribution in [0, 0.1) is 5.92 Å². The molecule has 2 amide bonds. The number of rotatable bonds is 12. The van der Waals surface area contributed by atoms with E-state index in [1.54, 1.807) is 37.3 Å². The average Bonchev–Trinajstić information content (AvgIpc) is 2.87. The number of anilines is 1. The Morgan fingerprint density at radius 2 is 1.74 bits per heavy atom. The number of sulfonamides is 1. The summed E-state index contributed by atoms with van der Waals surface area (Å²) in [6, 6.07) is 11.4. The number of benzene rings is 2. The van der Waals surface area contributed by atoms with Crippen molar-refractivity contribution < 1.29 is 27.5 Å². The molecule has 0 aromatic heterocycles. The predicted octanol–water partition coefficient (Wildman–Crippen LogP) is 3.85. The van der Waals surface area contributed by atoms with E-state index in [2.05, 4.69) is 5.32 Å². The molecule has 3 rings (SSSR count). The number of amides is 2. The van der Waals surface area contributed by atoms with Gasteiger partial charge in [-0.05, 0) is 43.0 Å². The molecule has 0 saturated heterocycles. The van der Waals surface area contributed by atoms with E-state index in [0.29, 0.717) is 42.0 Å². The number of halogens is 1. The first-order valence-electron chi connectivity index (χ1n) is 12.6. The lowest BCUT2D eigenvalue weighted by Crippen LogP contribution is -2.48. The number of carbonyl (C=O) groups excluding carboxylic acids is 2. The molecule has 0 bridgehead atoms. The molecule has 0 aliphatic carbocycles. The highest BCUT2D eigenvalue weighted by Gasteiger charge is 2.27. The van der Waals surface area contributed by atoms with Gasteiger partial charge in [-0.1, -0.05) is 43.6 Å². The van der Waals surface area contributed by atoms with Crippen molar-refractivity contribution in [1.82, 2.24) is 10.2 Å². The van der Waals surface area contributed by atoms with Crippen LogP contribution >= 0.6 is 11.6 Å². The minimum atomic E-state index is -3.63. The molecular formula is C27H36ClN3O6S. The number of carbonyl (C=O) groups is 2. The molecule has 0 fully saturated rings. The van der Waals surface area contributed by atoms with E-state index in [9.17, 15) is 18.0 Å². The van der Waals surface area contributed by atoms with E-state index in [0.717, 1.165) is 11.8 Å². The van der Waals surface area contributed by atoms with Crippen LogP contribution in [0.15, 0.2) is 42.5 Å². The van der Waals surface area contributed by atoms with Gasteiger partial charge in [0, 0.05) is 37.1 Å². The fourth-order valence-corrected chi connectivity index (χ4v) is 5.19. The van der Waals surface area contributed by atoms with Crippen molar-refractivity contribution in [2.24, 2.45) is 5.92 Å². The van der Waals surface area contributed by atoms with Gasteiger partial charge in [0.2, 0.25) is 21.8 Å². The molecule has 2 aromatic rings. The lowest BCUT2D eigenvalue weighted by molar-refractivity contribution is -0.140. The highest BCUT2D eigenvalue weighted by atomic mass is 35.5. The molecule has 0 spiro atoms. The first-order valence-corrected chi connectivity index (χ1v) is 14.9. The van der Waals surface area contributed by atoms with Crippen molar-refractivity contribution in [2.45, 2.75) is 46.2 Å². The number of nitrogens with one attached hydrogen (secondary N) is 1. The molecule has 1 aliphatic heterocycles. The first kappa shape index (κ1) is 29.6. The summed E-state index contributed by atoms with van der Waals surface area (Å²) in [5, 5.41) is 3.38. The highest BCUT2D eigenvalue weighted by Crippen LogP contribution is 2.34. The Hall–Kier alpha value is -2.98. The maximum Gasteiger partial charge on any atom is 0.242 e. The second-order valence-corrected chi connectivity index (χ2v) is 12.0. The van der Waals surface area contributed by atoms with Crippen LogP contribution < -0.4 is 19.1 Å². The van der Waals surface area contributed by atoms with Gasteiger partial charge in [0.25, 0.3) is 0 Å². The zero-order valence-corrected chi connectivity index (χ0v) is 23.8. The van der Waals surface area contributed by atoms with Crippen molar-refractivity contribution in [3.05, 3.63) is 53.1 Å². The van der Waals surface area contributed by atoms with Crippen LogP contribution in [0.5, 0.6) is 11.5 Å². The summed E-state index contributed by atoms with van der Waals surface area (Å²) in [4.78, 5) is 27.7. The zero-order chi connectivity index (χ0) is 27.9. The maximum absolute atomic E-state index is 13.4. The normalized spacial score (nSPS) is 13.6. The molecule has 1 aliphatic rings. The predicted molar refractivity (Wildman–Crippen MR) is 148 cm³/mol. The van der Waals surface area contributed by atoms with Gasteiger partial charge in [-0.3, -0.25) is 13.9 Å². The van der Waals surface area contributed by atoms with Crippen LogP contribution in [-0.2, 0) is 26.2 Å². The van der Waals surface area contributed by atoms with Crippen LogP contribution in [-0.4, -0.2) is 63.7 Å². The molecule has 0 unspecified atom stereocenters. The van der Waals surface area contributed by atoms with Crippen molar-refractivity contribution in [3.63, 3.8) is 0 Å². The zero-order valence-electron chi connectivity index (χ0n) is 22.3. The second kappa shape index (κ2) is 13.2. The Bertz CT molecular complexity index is 1240. The molecule has 38 heavy (non-hydrogen) atoms. The lowest BCUT2D eigenvalue weighted by Gasteiger charge is -2.30. The Morgan fingerprint density at radius 3 is 2.39 bits per heavy atom. The molecule has 1 heterocycles. The summed E-state index contributed by atoms with van der Waals surface area (Å²) in [7, 11) is -3.63. The summed E-state index contributed by atoms with van der Waals surface area (Å²) >= 11 is 6.34. The van der Waals surface area contributed by atoms with Gasteiger partial charge in [0.15, 0.2) is 11.5 Å². The van der Waals surface area contributed by atoms with Gasteiger partial charge in [0.05, 0.1) is 11.9 Å². The summed E-state index contributed by atoms with van der Waals surface area (Å²) in [5.74, 6) is 0.775. The number of fused-ring (bicyclic) bond motifs is 1. The van der Waals surface area contributed by atoms with Crippen LogP contribution in [0.3, 0.4) is 0 Å². The number of nitrogens with zero attached hydrogens (tertiary/aromatic N) is 2. The number of hydrogen-bond acceptors (Lipinski definition) is 6. The summed E-state index contributed by atoms with van der Waals surface area (Å²) < 4.78 is 37.6. The van der Waals surface area contributed by atoms with Crippen LogP contribution in [0.25, 0.3) is 0 Å². The standard InChI is InChI=1S/C27H36ClN3O6S/c1-19(2)17-29-27(33)20(3)30(18-21-8-5-6-9-23(21)28)26(32)10-7-13-31(38(4,34)35)22-11-12-24-25(16-22)37-15-14-36-24/h5-6,8-9,11-12,16,19-20H,7,10,13-15,17-18H2,1-4H3,(H,29,33)/t20-/m0/s1. The minimum absolute atomic E-state index is 0.0445. The van der Waals surface area contributed by atoms with E-state index in [1.165, 1.54) is 9.21 Å². The Labute approximate surface area is 230 Å². The van der Waals surface area contributed by atoms with Crippen LogP contribution in [0.4, 0.5) is 5.69 Å². The van der Waals surface area contributed by atoms with Crippen molar-refractivity contribution in [3.8, 4) is 11.5 Å². The van der Waals surface area contributed by atoms with E-state index < -0.39 is 16.1 Å². The largest absolute Gasteiger partial charge is 0.486 e. The second-order valence-electron chi connectivity index (χ2n) is 9.69. The molecule has 0 radical (unpaired) electrons. The molecule has 208 valence electrons. The Kier molecular flexibility index (Phi) is 10.3. The van der Waals surface area contributed by atoms with Crippen molar-refractivity contribution in [2.75, 3.05) is 36.9 Å². The van der Waals surface area contributed by atoms with Crippen molar-refractivity contribution >= 4 is 39.1 Å². The average molecular weight is 566 g/mol. The molecular weight excluding hydrogens is 530 g/mol. The highest BCUT2D eigenvalue weighted by molar-refractivity contribution is 7.92. The number of ether oxygens (including phenoxy) is 2. The van der Waals surface area contributed by atoms with Crippen molar-refractivity contribution in [1.29, 1.82) is 0 Å². The number of hydrogen-bond donors (Lipinski definition) is 1. The third-order valence-corrected chi connectivity index (χ3v) is 7.68. The molecule has 9 nitrogen and oxygen atoms in total. The summed E-state index contributed by atoms with van der Waals surface area (Å²) in [5.41, 5.74) is 1.15. The van der Waals surface area contributed by atoms with Gasteiger partial charge in [-0.15, -0.1) is 0 Å². The maximum atomic E-state index is 13.4. The molecule has 2 aromatic carbocycles. The minimum Gasteiger partial charge on any atom is -0.486 e. The quantitative estimate of drug-likeness (QED) is 0.419. The first-order chi connectivity index (χ1) is 18.0.